The molecule has 6 nitrogen and oxygen atoms in total. The number of fused-ring (bicyclic) bond motifs is 1. The Bertz CT molecular complexity index is 653. The minimum Gasteiger partial charge on any atom is -0.345 e. The topological polar surface area (TPSA) is 70.9 Å². The predicted octanol–water partition coefficient (Wildman–Crippen LogP) is 1.05. The van der Waals surface area contributed by atoms with Gasteiger partial charge >= 0.3 is 0 Å². The highest BCUT2D eigenvalue weighted by Crippen LogP contribution is 2.02. The number of aryl methyl sites for hydroxylation is 1. The zero-order chi connectivity index (χ0) is 12.4. The van der Waals surface area contributed by atoms with E-state index in [9.17, 15) is 0 Å². The zero-order valence-electron chi connectivity index (χ0n) is 10.1. The molecule has 2 N–H and O–H groups in total. The summed E-state index contributed by atoms with van der Waals surface area (Å²) in [7, 11) is 0. The van der Waals surface area contributed by atoms with Gasteiger partial charge in [0.05, 0.1) is 6.54 Å². The first-order chi connectivity index (χ1) is 8.83. The molecule has 0 spiro atoms. The summed E-state index contributed by atoms with van der Waals surface area (Å²) in [5.74, 6) is 1.83. The van der Waals surface area contributed by atoms with Gasteiger partial charge in [-0.3, -0.25) is 4.40 Å². The molecule has 0 radical (unpaired) electrons. The normalized spacial score (nSPS) is 11.2. The molecule has 0 saturated heterocycles. The van der Waals surface area contributed by atoms with Gasteiger partial charge in [0.2, 0.25) is 0 Å². The molecule has 3 rings (SSSR count). The Balaban J connectivity index is 1.66. The van der Waals surface area contributed by atoms with Crippen molar-refractivity contribution in [1.82, 2.24) is 29.9 Å². The fourth-order valence-corrected chi connectivity index (χ4v) is 1.88. The quantitative estimate of drug-likeness (QED) is 0.717. The van der Waals surface area contributed by atoms with Crippen molar-refractivity contribution in [1.29, 1.82) is 0 Å². The maximum absolute atomic E-state index is 4.16. The van der Waals surface area contributed by atoms with Gasteiger partial charge in [0.1, 0.15) is 5.82 Å². The molecule has 18 heavy (non-hydrogen) atoms. The third-order valence-electron chi connectivity index (χ3n) is 2.74. The van der Waals surface area contributed by atoms with E-state index in [4.69, 9.17) is 0 Å². The van der Waals surface area contributed by atoms with Crippen LogP contribution in [0.5, 0.6) is 0 Å². The van der Waals surface area contributed by atoms with E-state index >= 15 is 0 Å². The van der Waals surface area contributed by atoms with E-state index in [0.717, 1.165) is 29.5 Å². The van der Waals surface area contributed by atoms with Gasteiger partial charge < -0.3 is 10.3 Å². The molecule has 0 aromatic carbocycles. The molecule has 3 aromatic heterocycles. The van der Waals surface area contributed by atoms with Gasteiger partial charge in [0, 0.05) is 24.6 Å². The minimum absolute atomic E-state index is 0.670. The number of hydrogen-bond acceptors (Lipinski definition) is 4. The molecular formula is C12H14N6. The Morgan fingerprint density at radius 2 is 2.22 bits per heavy atom. The largest absolute Gasteiger partial charge is 0.345 e. The monoisotopic (exact) mass is 242 g/mol. The maximum Gasteiger partial charge on any atom is 0.160 e. The van der Waals surface area contributed by atoms with E-state index < -0.39 is 0 Å². The lowest BCUT2D eigenvalue weighted by Crippen LogP contribution is -2.15. The second-order valence-corrected chi connectivity index (χ2v) is 4.14. The Labute approximate surface area is 104 Å². The maximum atomic E-state index is 4.16. The molecule has 0 amide bonds. The highest BCUT2D eigenvalue weighted by atomic mass is 15.3. The number of nitrogens with zero attached hydrogens (tertiary/aromatic N) is 4. The van der Waals surface area contributed by atoms with E-state index in [1.54, 1.807) is 0 Å². The molecule has 0 aliphatic carbocycles. The molecule has 0 saturated carbocycles. The molecule has 0 bridgehead atoms. The van der Waals surface area contributed by atoms with Gasteiger partial charge in [0.25, 0.3) is 0 Å². The van der Waals surface area contributed by atoms with Crippen molar-refractivity contribution < 1.29 is 0 Å². The fraction of sp³-hybridized carbons (Fsp3) is 0.250. The number of rotatable bonds is 4. The number of pyridine rings is 1. The van der Waals surface area contributed by atoms with Crippen LogP contribution in [0.1, 0.15) is 17.3 Å². The summed E-state index contributed by atoms with van der Waals surface area (Å²) in [5, 5.41) is 11.6. The van der Waals surface area contributed by atoms with Crippen LogP contribution in [0.3, 0.4) is 0 Å². The summed E-state index contributed by atoms with van der Waals surface area (Å²) in [6, 6.07) is 5.86. The Hall–Kier alpha value is -2.21. The first-order valence-electron chi connectivity index (χ1n) is 5.83. The lowest BCUT2D eigenvalue weighted by Gasteiger charge is -2.01. The molecule has 6 heteroatoms. The van der Waals surface area contributed by atoms with Gasteiger partial charge in [-0.25, -0.2) is 4.98 Å². The first kappa shape index (κ1) is 10.9. The number of nitrogens with one attached hydrogen (secondary N) is 2. The number of imidazole rings is 1. The van der Waals surface area contributed by atoms with Gasteiger partial charge in [0.15, 0.2) is 11.5 Å². The van der Waals surface area contributed by atoms with Gasteiger partial charge in [-0.1, -0.05) is 6.07 Å². The third kappa shape index (κ3) is 2.10. The first-order valence-corrected chi connectivity index (χ1v) is 5.83. The van der Waals surface area contributed by atoms with E-state index in [-0.39, 0.29) is 0 Å². The lowest BCUT2D eigenvalue weighted by molar-refractivity contribution is 0.648. The summed E-state index contributed by atoms with van der Waals surface area (Å²) in [6.07, 6.45) is 3.80. The van der Waals surface area contributed by atoms with Crippen LogP contribution in [0.25, 0.3) is 5.65 Å². The average Bonchev–Trinajstić information content (AvgIpc) is 2.97. The smallest absolute Gasteiger partial charge is 0.160 e. The Kier molecular flexibility index (Phi) is 2.77. The van der Waals surface area contributed by atoms with E-state index in [2.05, 4.69) is 25.5 Å². The highest BCUT2D eigenvalue weighted by molar-refractivity contribution is 5.36. The molecular weight excluding hydrogens is 228 g/mol. The van der Waals surface area contributed by atoms with Crippen molar-refractivity contribution in [3.8, 4) is 0 Å². The number of H-pyrrole nitrogens is 1. The molecule has 0 atom stereocenters. The molecule has 0 aliphatic rings. The van der Waals surface area contributed by atoms with E-state index in [0.29, 0.717) is 6.54 Å². The Morgan fingerprint density at radius 3 is 3.06 bits per heavy atom. The molecule has 0 aliphatic heterocycles. The summed E-state index contributed by atoms with van der Waals surface area (Å²) in [4.78, 5) is 7.33. The minimum atomic E-state index is 0.670. The second-order valence-electron chi connectivity index (χ2n) is 4.14. The summed E-state index contributed by atoms with van der Waals surface area (Å²) in [6.45, 7) is 3.35. The summed E-state index contributed by atoms with van der Waals surface area (Å²) < 4.78 is 1.98. The molecule has 0 unspecified atom stereocenters. The molecule has 0 fully saturated rings. The van der Waals surface area contributed by atoms with Gasteiger partial charge in [-0.2, -0.15) is 0 Å². The van der Waals surface area contributed by atoms with Gasteiger partial charge in [-0.05, 0) is 19.1 Å². The SMILES string of the molecule is Cc1ncc(CNCc2nnc3ccccn23)[nH]1. The van der Waals surface area contributed by atoms with Gasteiger partial charge in [-0.15, -0.1) is 10.2 Å². The van der Waals surface area contributed by atoms with Crippen LogP contribution in [-0.2, 0) is 13.1 Å². The van der Waals surface area contributed by atoms with Crippen LogP contribution in [0.15, 0.2) is 30.6 Å². The van der Waals surface area contributed by atoms with Crippen LogP contribution in [0.2, 0.25) is 0 Å². The van der Waals surface area contributed by atoms with Crippen LogP contribution in [-0.4, -0.2) is 24.6 Å². The molecule has 3 aromatic rings. The number of hydrogen-bond donors (Lipinski definition) is 2. The number of aromatic amines is 1. The van der Waals surface area contributed by atoms with Crippen LogP contribution < -0.4 is 5.32 Å². The lowest BCUT2D eigenvalue weighted by atomic mass is 10.4. The third-order valence-corrected chi connectivity index (χ3v) is 2.74. The zero-order valence-corrected chi connectivity index (χ0v) is 10.1. The van der Waals surface area contributed by atoms with Crippen molar-refractivity contribution in [2.75, 3.05) is 0 Å². The summed E-state index contributed by atoms with van der Waals surface area (Å²) >= 11 is 0. The van der Waals surface area contributed by atoms with E-state index in [1.165, 1.54) is 0 Å². The van der Waals surface area contributed by atoms with Crippen LogP contribution in [0.4, 0.5) is 0 Å². The van der Waals surface area contributed by atoms with Crippen molar-refractivity contribution in [2.24, 2.45) is 0 Å². The highest BCUT2D eigenvalue weighted by Gasteiger charge is 2.04. The van der Waals surface area contributed by atoms with E-state index in [1.807, 2.05) is 41.9 Å². The van der Waals surface area contributed by atoms with Crippen molar-refractivity contribution in [3.05, 3.63) is 47.9 Å². The molecule has 3 heterocycles. The van der Waals surface area contributed by atoms with Crippen LogP contribution in [0, 0.1) is 6.92 Å². The fourth-order valence-electron chi connectivity index (χ4n) is 1.88. The number of aromatic nitrogens is 5. The Morgan fingerprint density at radius 1 is 1.28 bits per heavy atom. The van der Waals surface area contributed by atoms with Crippen molar-refractivity contribution in [3.63, 3.8) is 0 Å². The predicted molar refractivity (Wildman–Crippen MR) is 66.9 cm³/mol. The van der Waals surface area contributed by atoms with Crippen LogP contribution >= 0.6 is 0 Å². The van der Waals surface area contributed by atoms with Crippen molar-refractivity contribution >= 4 is 5.65 Å². The average molecular weight is 242 g/mol. The second kappa shape index (κ2) is 4.58. The summed E-state index contributed by atoms with van der Waals surface area (Å²) in [5.41, 5.74) is 1.94. The van der Waals surface area contributed by atoms with Crippen molar-refractivity contribution in [2.45, 2.75) is 20.0 Å². The molecule has 92 valence electrons. The standard InChI is InChI=1S/C12H14N6/c1-9-14-7-10(15-9)6-13-8-12-17-16-11-4-2-3-5-18(11)12/h2-5,7,13H,6,8H2,1H3,(H,14,15).